The van der Waals surface area contributed by atoms with Gasteiger partial charge >= 0.3 is 5.69 Å². The minimum absolute atomic E-state index is 0.108. The lowest BCUT2D eigenvalue weighted by Crippen LogP contribution is -2.47. The molecule has 0 radical (unpaired) electrons. The van der Waals surface area contributed by atoms with Gasteiger partial charge in [-0.2, -0.15) is 0 Å². The van der Waals surface area contributed by atoms with Crippen LogP contribution in [-0.4, -0.2) is 47.9 Å². The van der Waals surface area contributed by atoms with Gasteiger partial charge in [0.25, 0.3) is 0 Å². The van der Waals surface area contributed by atoms with E-state index in [2.05, 4.69) is 52.2 Å². The summed E-state index contributed by atoms with van der Waals surface area (Å²) < 4.78 is 10.7. The number of benzene rings is 2. The Morgan fingerprint density at radius 1 is 1.03 bits per heavy atom. The summed E-state index contributed by atoms with van der Waals surface area (Å²) in [6, 6.07) is 11.9. The number of nitro groups is 1. The summed E-state index contributed by atoms with van der Waals surface area (Å²) in [5, 5.41) is 15.1. The van der Waals surface area contributed by atoms with Gasteiger partial charge in [-0.15, -0.1) is 0 Å². The van der Waals surface area contributed by atoms with Gasteiger partial charge in [0.15, 0.2) is 11.5 Å². The van der Waals surface area contributed by atoms with Crippen LogP contribution in [0.2, 0.25) is 0 Å². The van der Waals surface area contributed by atoms with Gasteiger partial charge < -0.3 is 24.6 Å². The lowest BCUT2D eigenvalue weighted by Gasteiger charge is -2.37. The number of fused-ring (bicyclic) bond motifs is 1. The number of rotatable bonds is 6. The average molecular weight is 463 g/mol. The van der Waals surface area contributed by atoms with E-state index in [9.17, 15) is 10.1 Å². The van der Waals surface area contributed by atoms with E-state index < -0.39 is 4.92 Å². The van der Waals surface area contributed by atoms with Gasteiger partial charge in [0.05, 0.1) is 4.92 Å². The highest BCUT2D eigenvalue weighted by atomic mass is 16.7. The summed E-state index contributed by atoms with van der Waals surface area (Å²) in [7, 11) is 0. The van der Waals surface area contributed by atoms with Crippen molar-refractivity contribution < 1.29 is 14.4 Å². The number of aryl methyl sites for hydroxylation is 1. The molecule has 0 unspecified atom stereocenters. The van der Waals surface area contributed by atoms with Gasteiger partial charge in [-0.25, -0.2) is 9.97 Å². The molecule has 0 saturated carbocycles. The van der Waals surface area contributed by atoms with Crippen molar-refractivity contribution in [3.8, 4) is 11.5 Å². The molecule has 10 heteroatoms. The van der Waals surface area contributed by atoms with Crippen molar-refractivity contribution in [1.29, 1.82) is 0 Å². The number of ether oxygens (including phenoxy) is 2. The predicted octanol–water partition coefficient (Wildman–Crippen LogP) is 3.67. The number of nitrogens with zero attached hydrogens (tertiary/aromatic N) is 5. The first-order chi connectivity index (χ1) is 16.5. The molecule has 2 aromatic carbocycles. The van der Waals surface area contributed by atoms with E-state index >= 15 is 0 Å². The fourth-order valence-electron chi connectivity index (χ4n) is 4.37. The molecule has 176 valence electrons. The molecule has 10 nitrogen and oxygen atoms in total. The topological polar surface area (TPSA) is 106 Å². The number of hydrogen-bond donors (Lipinski definition) is 1. The minimum atomic E-state index is -0.408. The number of hydrogen-bond acceptors (Lipinski definition) is 9. The third-order valence-corrected chi connectivity index (χ3v) is 6.38. The van der Waals surface area contributed by atoms with E-state index in [0.29, 0.717) is 37.0 Å². The number of anilines is 3. The summed E-state index contributed by atoms with van der Waals surface area (Å²) >= 11 is 0. The second kappa shape index (κ2) is 9.05. The van der Waals surface area contributed by atoms with Crippen molar-refractivity contribution in [2.45, 2.75) is 20.4 Å². The summed E-state index contributed by atoms with van der Waals surface area (Å²) in [6.07, 6.45) is 1.38. The molecule has 34 heavy (non-hydrogen) atoms. The third kappa shape index (κ3) is 4.14. The Bertz CT molecular complexity index is 1230. The van der Waals surface area contributed by atoms with E-state index in [-0.39, 0.29) is 18.3 Å². The predicted molar refractivity (Wildman–Crippen MR) is 129 cm³/mol. The first kappa shape index (κ1) is 21.7. The summed E-state index contributed by atoms with van der Waals surface area (Å²) in [4.78, 5) is 24.4. The van der Waals surface area contributed by atoms with Crippen LogP contribution in [0.25, 0.3) is 0 Å². The van der Waals surface area contributed by atoms with Gasteiger partial charge in [-0.1, -0.05) is 18.2 Å². The highest BCUT2D eigenvalue weighted by Crippen LogP contribution is 2.35. The summed E-state index contributed by atoms with van der Waals surface area (Å²) in [5.41, 5.74) is 4.52. The molecule has 0 bridgehead atoms. The molecule has 0 amide bonds. The van der Waals surface area contributed by atoms with E-state index in [0.717, 1.165) is 18.7 Å². The lowest BCUT2D eigenvalue weighted by atomic mass is 10.1. The quantitative estimate of drug-likeness (QED) is 0.434. The van der Waals surface area contributed by atoms with Crippen molar-refractivity contribution in [2.24, 2.45) is 0 Å². The molecular formula is C24H26N6O4. The summed E-state index contributed by atoms with van der Waals surface area (Å²) in [6.45, 7) is 7.57. The molecule has 3 heterocycles. The molecule has 2 aliphatic heterocycles. The molecule has 1 aromatic heterocycles. The molecule has 1 saturated heterocycles. The summed E-state index contributed by atoms with van der Waals surface area (Å²) in [5.74, 6) is 1.90. The van der Waals surface area contributed by atoms with E-state index in [1.807, 2.05) is 23.1 Å². The Balaban J connectivity index is 1.32. The third-order valence-electron chi connectivity index (χ3n) is 6.38. The number of aromatic nitrogens is 2. The van der Waals surface area contributed by atoms with E-state index in [1.165, 1.54) is 23.1 Å². The molecule has 0 atom stereocenters. The maximum Gasteiger partial charge on any atom is 0.353 e. The fourth-order valence-corrected chi connectivity index (χ4v) is 4.37. The molecule has 1 fully saturated rings. The second-order valence-corrected chi connectivity index (χ2v) is 8.39. The van der Waals surface area contributed by atoms with Crippen LogP contribution < -0.4 is 24.6 Å². The van der Waals surface area contributed by atoms with Crippen LogP contribution in [0, 0.1) is 24.0 Å². The van der Waals surface area contributed by atoms with Crippen molar-refractivity contribution in [3.63, 3.8) is 0 Å². The highest BCUT2D eigenvalue weighted by molar-refractivity contribution is 5.71. The molecule has 5 rings (SSSR count). The van der Waals surface area contributed by atoms with Crippen LogP contribution in [0.3, 0.4) is 0 Å². The van der Waals surface area contributed by atoms with Crippen LogP contribution in [0.5, 0.6) is 11.5 Å². The molecule has 3 aromatic rings. The largest absolute Gasteiger partial charge is 0.454 e. The zero-order valence-corrected chi connectivity index (χ0v) is 19.2. The first-order valence-electron chi connectivity index (χ1n) is 11.2. The van der Waals surface area contributed by atoms with Gasteiger partial charge in [0.2, 0.25) is 18.4 Å². The van der Waals surface area contributed by atoms with Crippen LogP contribution in [0.4, 0.5) is 23.0 Å². The maximum absolute atomic E-state index is 12.0. The second-order valence-electron chi connectivity index (χ2n) is 8.39. The molecule has 0 spiro atoms. The van der Waals surface area contributed by atoms with Crippen molar-refractivity contribution in [2.75, 3.05) is 48.1 Å². The first-order valence-corrected chi connectivity index (χ1v) is 11.2. The normalized spacial score (nSPS) is 14.9. The van der Waals surface area contributed by atoms with Gasteiger partial charge in [0, 0.05) is 38.4 Å². The molecule has 0 aliphatic carbocycles. The molecule has 1 N–H and O–H groups in total. The van der Waals surface area contributed by atoms with Crippen molar-refractivity contribution >= 4 is 23.0 Å². The molecule has 2 aliphatic rings. The lowest BCUT2D eigenvalue weighted by molar-refractivity contribution is -0.383. The van der Waals surface area contributed by atoms with Crippen LogP contribution in [0.1, 0.15) is 16.7 Å². The van der Waals surface area contributed by atoms with E-state index in [4.69, 9.17) is 9.47 Å². The van der Waals surface area contributed by atoms with Crippen molar-refractivity contribution in [1.82, 2.24) is 9.97 Å². The Kier molecular flexibility index (Phi) is 5.79. The van der Waals surface area contributed by atoms with E-state index in [1.54, 1.807) is 0 Å². The Hall–Kier alpha value is -4.08. The standard InChI is InChI=1S/C24H26N6O4/c1-16-4-3-5-19(17(16)2)28-8-10-29(11-9-28)24-22(30(31)32)23(26-14-27-24)25-13-18-6-7-20-21(12-18)34-15-33-20/h3-7,12,14H,8-11,13,15H2,1-2H3,(H,25,26,27). The Morgan fingerprint density at radius 2 is 1.79 bits per heavy atom. The minimum Gasteiger partial charge on any atom is -0.454 e. The smallest absolute Gasteiger partial charge is 0.353 e. The zero-order valence-electron chi connectivity index (χ0n) is 19.2. The average Bonchev–Trinajstić information content (AvgIpc) is 3.32. The Morgan fingerprint density at radius 3 is 2.59 bits per heavy atom. The molecular weight excluding hydrogens is 436 g/mol. The van der Waals surface area contributed by atoms with Gasteiger partial charge in [-0.3, -0.25) is 10.1 Å². The van der Waals surface area contributed by atoms with Crippen molar-refractivity contribution in [3.05, 3.63) is 69.5 Å². The van der Waals surface area contributed by atoms with Crippen LogP contribution >= 0.6 is 0 Å². The zero-order chi connectivity index (χ0) is 23.7. The Labute approximate surface area is 197 Å². The monoisotopic (exact) mass is 462 g/mol. The van der Waals surface area contributed by atoms with Crippen LogP contribution in [0.15, 0.2) is 42.7 Å². The van der Waals surface area contributed by atoms with Crippen LogP contribution in [-0.2, 0) is 6.54 Å². The van der Waals surface area contributed by atoms with Gasteiger partial charge in [-0.05, 0) is 48.7 Å². The number of piperazine rings is 1. The number of nitrogens with one attached hydrogen (secondary N) is 1. The fraction of sp³-hybridized carbons (Fsp3) is 0.333. The van der Waals surface area contributed by atoms with Gasteiger partial charge in [0.1, 0.15) is 6.33 Å². The SMILES string of the molecule is Cc1cccc(N2CCN(c3ncnc(NCc4ccc5c(c4)OCO5)c3[N+](=O)[O-])CC2)c1C. The maximum atomic E-state index is 12.0. The highest BCUT2D eigenvalue weighted by Gasteiger charge is 2.29.